The Hall–Kier alpha value is -0.560. The summed E-state index contributed by atoms with van der Waals surface area (Å²) in [5, 5.41) is 9.12. The summed E-state index contributed by atoms with van der Waals surface area (Å²) >= 11 is 3.21. The molecule has 1 fully saturated rings. The van der Waals surface area contributed by atoms with Gasteiger partial charge in [0.1, 0.15) is 6.04 Å². The van der Waals surface area contributed by atoms with Crippen LogP contribution in [0.25, 0.3) is 0 Å². The predicted octanol–water partition coefficient (Wildman–Crippen LogP) is 2.03. The van der Waals surface area contributed by atoms with Crippen molar-refractivity contribution in [1.29, 1.82) is 0 Å². The third kappa shape index (κ3) is 3.72. The first-order valence-electron chi connectivity index (χ1n) is 6.32. The minimum atomic E-state index is -0.920. The SMILES string of the molecule is CCC(CSC)N(C)C(=O)N1C(C)SCC1C(=O)O. The number of aliphatic carboxylic acids is 1. The Labute approximate surface area is 123 Å². The summed E-state index contributed by atoms with van der Waals surface area (Å²) in [5.74, 6) is 0.415. The summed E-state index contributed by atoms with van der Waals surface area (Å²) in [6.45, 7) is 3.93. The summed E-state index contributed by atoms with van der Waals surface area (Å²) in [5.41, 5.74) is 0. The largest absolute Gasteiger partial charge is 0.480 e. The Morgan fingerprint density at radius 1 is 1.58 bits per heavy atom. The molecule has 2 amide bonds. The average molecular weight is 306 g/mol. The van der Waals surface area contributed by atoms with Gasteiger partial charge in [0.25, 0.3) is 0 Å². The summed E-state index contributed by atoms with van der Waals surface area (Å²) in [6, 6.07) is -0.734. The molecule has 1 aliphatic heterocycles. The van der Waals surface area contributed by atoms with E-state index in [2.05, 4.69) is 0 Å². The van der Waals surface area contributed by atoms with Crippen LogP contribution in [0.2, 0.25) is 0 Å². The third-order valence-corrected chi connectivity index (χ3v) is 5.34. The number of amides is 2. The van der Waals surface area contributed by atoms with Crippen molar-refractivity contribution in [2.75, 3.05) is 24.8 Å². The van der Waals surface area contributed by atoms with Crippen molar-refractivity contribution in [2.45, 2.75) is 37.7 Å². The van der Waals surface area contributed by atoms with E-state index in [9.17, 15) is 14.7 Å². The van der Waals surface area contributed by atoms with E-state index >= 15 is 0 Å². The van der Waals surface area contributed by atoms with Crippen molar-refractivity contribution in [3.8, 4) is 0 Å². The van der Waals surface area contributed by atoms with Crippen molar-refractivity contribution in [3.05, 3.63) is 0 Å². The number of hydrogen-bond acceptors (Lipinski definition) is 4. The van der Waals surface area contributed by atoms with Crippen LogP contribution in [0, 0.1) is 0 Å². The highest BCUT2D eigenvalue weighted by molar-refractivity contribution is 8.00. The molecule has 1 saturated heterocycles. The van der Waals surface area contributed by atoms with E-state index in [4.69, 9.17) is 0 Å². The Balaban J connectivity index is 2.81. The highest BCUT2D eigenvalue weighted by Gasteiger charge is 2.41. The molecule has 7 heteroatoms. The highest BCUT2D eigenvalue weighted by Crippen LogP contribution is 2.30. The molecule has 1 N–H and O–H groups in total. The number of carboxylic acids is 1. The zero-order valence-electron chi connectivity index (χ0n) is 11.8. The van der Waals surface area contributed by atoms with E-state index < -0.39 is 12.0 Å². The van der Waals surface area contributed by atoms with Crippen LogP contribution in [0.5, 0.6) is 0 Å². The lowest BCUT2D eigenvalue weighted by Gasteiger charge is -2.34. The molecule has 5 nitrogen and oxygen atoms in total. The molecule has 0 aromatic heterocycles. The molecule has 1 heterocycles. The van der Waals surface area contributed by atoms with Crippen LogP contribution in [-0.2, 0) is 4.79 Å². The van der Waals surface area contributed by atoms with Crippen LogP contribution < -0.4 is 0 Å². The zero-order valence-corrected chi connectivity index (χ0v) is 13.5. The first-order valence-corrected chi connectivity index (χ1v) is 8.76. The van der Waals surface area contributed by atoms with Gasteiger partial charge in [-0.3, -0.25) is 4.90 Å². The number of nitrogens with zero attached hydrogens (tertiary/aromatic N) is 2. The number of carbonyl (C=O) groups excluding carboxylic acids is 1. The van der Waals surface area contributed by atoms with Crippen molar-refractivity contribution < 1.29 is 14.7 Å². The lowest BCUT2D eigenvalue weighted by molar-refractivity contribution is -0.141. The van der Waals surface area contributed by atoms with Gasteiger partial charge in [0, 0.05) is 24.6 Å². The lowest BCUT2D eigenvalue weighted by atomic mass is 10.2. The Kier molecular flexibility index (Phi) is 6.32. The molecular weight excluding hydrogens is 284 g/mol. The van der Waals surface area contributed by atoms with Gasteiger partial charge in [-0.2, -0.15) is 11.8 Å². The van der Waals surface area contributed by atoms with Crippen LogP contribution >= 0.6 is 23.5 Å². The maximum atomic E-state index is 12.5. The molecule has 19 heavy (non-hydrogen) atoms. The maximum Gasteiger partial charge on any atom is 0.327 e. The Bertz CT molecular complexity index is 341. The van der Waals surface area contributed by atoms with Crippen molar-refractivity contribution in [3.63, 3.8) is 0 Å². The topological polar surface area (TPSA) is 60.9 Å². The van der Waals surface area contributed by atoms with E-state index in [0.717, 1.165) is 12.2 Å². The van der Waals surface area contributed by atoms with E-state index in [1.165, 1.54) is 16.7 Å². The summed E-state index contributed by atoms with van der Waals surface area (Å²) in [4.78, 5) is 26.9. The third-order valence-electron chi connectivity index (χ3n) is 3.41. The quantitative estimate of drug-likeness (QED) is 0.842. The molecule has 0 aromatic carbocycles. The molecule has 110 valence electrons. The highest BCUT2D eigenvalue weighted by atomic mass is 32.2. The fraction of sp³-hybridized carbons (Fsp3) is 0.833. The predicted molar refractivity (Wildman–Crippen MR) is 80.8 cm³/mol. The number of urea groups is 1. The van der Waals surface area contributed by atoms with Crippen LogP contribution in [0.15, 0.2) is 0 Å². The molecule has 0 aromatic rings. The second-order valence-corrected chi connectivity index (χ2v) is 6.86. The van der Waals surface area contributed by atoms with E-state index in [1.54, 1.807) is 23.7 Å². The number of thioether (sulfide) groups is 2. The first-order chi connectivity index (χ1) is 8.93. The van der Waals surface area contributed by atoms with Gasteiger partial charge in [-0.05, 0) is 19.6 Å². The molecule has 0 spiro atoms. The Morgan fingerprint density at radius 2 is 2.21 bits per heavy atom. The standard InChI is InChI=1S/C12H22N2O3S2/c1-5-9(6-18-4)13(3)12(17)14-8(2)19-7-10(14)11(15)16/h8-10H,5-7H2,1-4H3,(H,15,16). The van der Waals surface area contributed by atoms with Crippen molar-refractivity contribution >= 4 is 35.5 Å². The van der Waals surface area contributed by atoms with Gasteiger partial charge in [-0.15, -0.1) is 11.8 Å². The monoisotopic (exact) mass is 306 g/mol. The zero-order chi connectivity index (χ0) is 14.6. The first kappa shape index (κ1) is 16.5. The van der Waals surface area contributed by atoms with Gasteiger partial charge in [0.05, 0.1) is 5.37 Å². The smallest absolute Gasteiger partial charge is 0.327 e. The van der Waals surface area contributed by atoms with Crippen molar-refractivity contribution in [2.24, 2.45) is 0 Å². The van der Waals surface area contributed by atoms with E-state index in [0.29, 0.717) is 5.75 Å². The average Bonchev–Trinajstić information content (AvgIpc) is 2.76. The number of hydrogen-bond donors (Lipinski definition) is 1. The Morgan fingerprint density at radius 3 is 2.68 bits per heavy atom. The second kappa shape index (κ2) is 7.28. The van der Waals surface area contributed by atoms with Crippen molar-refractivity contribution in [1.82, 2.24) is 9.80 Å². The molecule has 3 unspecified atom stereocenters. The van der Waals surface area contributed by atoms with Gasteiger partial charge in [-0.25, -0.2) is 9.59 Å². The normalized spacial score (nSPS) is 24.3. The fourth-order valence-corrected chi connectivity index (χ4v) is 4.16. The van der Waals surface area contributed by atoms with Crippen LogP contribution in [0.1, 0.15) is 20.3 Å². The fourth-order valence-electron chi connectivity index (χ4n) is 2.16. The van der Waals surface area contributed by atoms with Crippen LogP contribution in [0.3, 0.4) is 0 Å². The molecule has 3 atom stereocenters. The molecule has 0 saturated carbocycles. The summed E-state index contributed by atoms with van der Waals surface area (Å²) in [6.07, 6.45) is 2.88. The molecule has 0 aliphatic carbocycles. The van der Waals surface area contributed by atoms with Gasteiger partial charge < -0.3 is 10.0 Å². The van der Waals surface area contributed by atoms with Crippen LogP contribution in [-0.4, -0.2) is 69.2 Å². The summed E-state index contributed by atoms with van der Waals surface area (Å²) in [7, 11) is 1.77. The van der Waals surface area contributed by atoms with Gasteiger partial charge in [-0.1, -0.05) is 6.92 Å². The molecule has 1 aliphatic rings. The van der Waals surface area contributed by atoms with Gasteiger partial charge in [0.2, 0.25) is 0 Å². The second-order valence-electron chi connectivity index (χ2n) is 4.60. The van der Waals surface area contributed by atoms with E-state index in [1.807, 2.05) is 20.1 Å². The number of carbonyl (C=O) groups is 2. The van der Waals surface area contributed by atoms with Gasteiger partial charge >= 0.3 is 12.0 Å². The maximum absolute atomic E-state index is 12.5. The van der Waals surface area contributed by atoms with Gasteiger partial charge in [0.15, 0.2) is 0 Å². The molecule has 1 rings (SSSR count). The summed E-state index contributed by atoms with van der Waals surface area (Å²) < 4.78 is 0. The van der Waals surface area contributed by atoms with Crippen LogP contribution in [0.4, 0.5) is 4.79 Å². The molecular formula is C12H22N2O3S2. The lowest BCUT2D eigenvalue weighted by Crippen LogP contribution is -2.52. The minimum Gasteiger partial charge on any atom is -0.480 e. The van der Waals surface area contributed by atoms with E-state index in [-0.39, 0.29) is 17.4 Å². The number of carboxylic acid groups (broad SMARTS) is 1. The minimum absolute atomic E-state index is 0.0807. The molecule has 0 radical (unpaired) electrons. The molecule has 0 bridgehead atoms. The number of rotatable bonds is 5.